The number of benzene rings is 2. The van der Waals surface area contributed by atoms with Crippen LogP contribution in [0.1, 0.15) is 16.1 Å². The first kappa shape index (κ1) is 14.8. The van der Waals surface area contributed by atoms with Crippen LogP contribution in [-0.4, -0.2) is 28.1 Å². The normalized spacial score (nSPS) is 10.3. The summed E-state index contributed by atoms with van der Waals surface area (Å²) in [6.45, 7) is 0.537. The third-order valence-electron chi connectivity index (χ3n) is 3.21. The summed E-state index contributed by atoms with van der Waals surface area (Å²) in [4.78, 5) is 12.2. The van der Waals surface area contributed by atoms with Crippen molar-refractivity contribution in [1.82, 2.24) is 15.0 Å². The molecule has 0 saturated carbocycles. The Kier molecular flexibility index (Phi) is 4.33. The Labute approximate surface area is 133 Å². The number of hydrogen-bond acceptors (Lipinski definition) is 5. The van der Waals surface area contributed by atoms with Crippen molar-refractivity contribution >= 4 is 5.97 Å². The highest BCUT2D eigenvalue weighted by Gasteiger charge is 2.15. The van der Waals surface area contributed by atoms with Crippen LogP contribution in [0.2, 0.25) is 0 Å². The maximum Gasteiger partial charge on any atom is 0.366 e. The molecule has 3 aromatic rings. The maximum absolute atomic E-state index is 12.2. The first-order chi connectivity index (χ1) is 11.3. The largest absolute Gasteiger partial charge is 0.493 e. The second-order valence-corrected chi connectivity index (χ2v) is 4.83. The van der Waals surface area contributed by atoms with Crippen LogP contribution in [0.25, 0.3) is 0 Å². The van der Waals surface area contributed by atoms with Crippen molar-refractivity contribution in [1.29, 1.82) is 0 Å². The Morgan fingerprint density at radius 1 is 1.04 bits per heavy atom. The Hall–Kier alpha value is -3.15. The molecule has 0 fully saturated rings. The van der Waals surface area contributed by atoms with Crippen LogP contribution < -0.4 is 9.47 Å². The molecule has 0 bridgehead atoms. The molecule has 6 heteroatoms. The average Bonchev–Trinajstić information content (AvgIpc) is 3.05. The summed E-state index contributed by atoms with van der Waals surface area (Å²) in [5, 5.41) is 7.81. The molecule has 2 aromatic carbocycles. The predicted octanol–water partition coefficient (Wildman–Crippen LogP) is 2.55. The van der Waals surface area contributed by atoms with Crippen molar-refractivity contribution in [2.24, 2.45) is 0 Å². The quantitative estimate of drug-likeness (QED) is 0.535. The van der Waals surface area contributed by atoms with Crippen molar-refractivity contribution in [3.63, 3.8) is 0 Å². The molecule has 1 aromatic heterocycles. The summed E-state index contributed by atoms with van der Waals surface area (Å²) < 4.78 is 12.0. The predicted molar refractivity (Wildman–Crippen MR) is 83.5 cm³/mol. The van der Waals surface area contributed by atoms with Crippen LogP contribution >= 0.6 is 0 Å². The second-order valence-electron chi connectivity index (χ2n) is 4.83. The van der Waals surface area contributed by atoms with Crippen molar-refractivity contribution in [3.05, 3.63) is 72.1 Å². The molecule has 0 unspecified atom stereocenters. The Balaban J connectivity index is 1.71. The van der Waals surface area contributed by atoms with E-state index in [0.29, 0.717) is 18.0 Å². The van der Waals surface area contributed by atoms with Gasteiger partial charge in [0, 0.05) is 0 Å². The lowest BCUT2D eigenvalue weighted by molar-refractivity contribution is 0.0723. The van der Waals surface area contributed by atoms with E-state index in [1.165, 1.54) is 7.11 Å². The molecule has 116 valence electrons. The maximum atomic E-state index is 12.2. The molecule has 1 heterocycles. The van der Waals surface area contributed by atoms with E-state index >= 15 is 0 Å². The monoisotopic (exact) mass is 309 g/mol. The van der Waals surface area contributed by atoms with Crippen molar-refractivity contribution in [2.45, 2.75) is 6.54 Å². The lowest BCUT2D eigenvalue weighted by Crippen LogP contribution is -2.09. The third-order valence-corrected chi connectivity index (χ3v) is 3.21. The molecule has 0 spiro atoms. The first-order valence-corrected chi connectivity index (χ1v) is 7.05. The minimum atomic E-state index is -0.575. The van der Waals surface area contributed by atoms with E-state index in [1.54, 1.807) is 35.1 Å². The summed E-state index contributed by atoms with van der Waals surface area (Å²) in [5.74, 6) is 0.254. The highest BCUT2D eigenvalue weighted by atomic mass is 16.6. The van der Waals surface area contributed by atoms with E-state index in [-0.39, 0.29) is 5.69 Å². The number of carbonyl (C=O) groups is 1. The second kappa shape index (κ2) is 6.74. The molecule has 23 heavy (non-hydrogen) atoms. The fraction of sp³-hybridized carbons (Fsp3) is 0.118. The molecule has 0 aliphatic heterocycles. The number of hydrogen-bond donors (Lipinski definition) is 0. The van der Waals surface area contributed by atoms with Gasteiger partial charge in [0.2, 0.25) is 0 Å². The van der Waals surface area contributed by atoms with Crippen LogP contribution in [-0.2, 0) is 6.54 Å². The van der Waals surface area contributed by atoms with Gasteiger partial charge in [-0.15, -0.1) is 5.10 Å². The van der Waals surface area contributed by atoms with Crippen molar-refractivity contribution < 1.29 is 14.3 Å². The number of nitrogens with zero attached hydrogens (tertiary/aromatic N) is 3. The van der Waals surface area contributed by atoms with Gasteiger partial charge in [-0.25, -0.2) is 9.48 Å². The zero-order chi connectivity index (χ0) is 16.1. The van der Waals surface area contributed by atoms with Gasteiger partial charge in [-0.2, -0.15) is 0 Å². The van der Waals surface area contributed by atoms with E-state index in [9.17, 15) is 4.79 Å². The number of esters is 1. The molecular weight excluding hydrogens is 294 g/mol. The van der Waals surface area contributed by atoms with Gasteiger partial charge in [0.15, 0.2) is 17.2 Å². The topological polar surface area (TPSA) is 66.2 Å². The zero-order valence-corrected chi connectivity index (χ0v) is 12.5. The number of ether oxygens (including phenoxy) is 2. The van der Waals surface area contributed by atoms with Crippen molar-refractivity contribution in [3.8, 4) is 11.5 Å². The van der Waals surface area contributed by atoms with E-state index < -0.39 is 5.97 Å². The minimum absolute atomic E-state index is 0.145. The standard InChI is InChI=1S/C17H15N3O3/c1-22-15-9-5-6-10-16(15)23-17(21)14-12-20(19-18-14)11-13-7-3-2-4-8-13/h2-10,12H,11H2,1H3. The number of methoxy groups -OCH3 is 1. The summed E-state index contributed by atoms with van der Waals surface area (Å²) in [5.41, 5.74) is 1.22. The van der Waals surface area contributed by atoms with E-state index in [4.69, 9.17) is 9.47 Å². The highest BCUT2D eigenvalue weighted by molar-refractivity contribution is 5.88. The lowest BCUT2D eigenvalue weighted by Gasteiger charge is -2.06. The van der Waals surface area contributed by atoms with Gasteiger partial charge in [-0.05, 0) is 17.7 Å². The van der Waals surface area contributed by atoms with Crippen LogP contribution in [0.4, 0.5) is 0 Å². The molecule has 3 rings (SSSR count). The number of para-hydroxylation sites is 2. The molecule has 0 atom stereocenters. The smallest absolute Gasteiger partial charge is 0.366 e. The summed E-state index contributed by atoms with van der Waals surface area (Å²) in [6, 6.07) is 16.7. The molecule has 0 aliphatic carbocycles. The van der Waals surface area contributed by atoms with Crippen molar-refractivity contribution in [2.75, 3.05) is 7.11 Å². The van der Waals surface area contributed by atoms with Crippen LogP contribution in [0.5, 0.6) is 11.5 Å². The van der Waals surface area contributed by atoms with E-state index in [1.807, 2.05) is 30.3 Å². The van der Waals surface area contributed by atoms with Gasteiger partial charge in [0.25, 0.3) is 0 Å². The molecule has 0 radical (unpaired) electrons. The zero-order valence-electron chi connectivity index (χ0n) is 12.5. The van der Waals surface area contributed by atoms with Gasteiger partial charge in [0.1, 0.15) is 0 Å². The van der Waals surface area contributed by atoms with Gasteiger partial charge < -0.3 is 9.47 Å². The van der Waals surface area contributed by atoms with Gasteiger partial charge >= 0.3 is 5.97 Å². The van der Waals surface area contributed by atoms with E-state index in [2.05, 4.69) is 10.3 Å². The molecule has 0 N–H and O–H groups in total. The molecule has 0 aliphatic rings. The Morgan fingerprint density at radius 3 is 2.48 bits per heavy atom. The van der Waals surface area contributed by atoms with Gasteiger partial charge in [-0.1, -0.05) is 47.7 Å². The minimum Gasteiger partial charge on any atom is -0.493 e. The number of aromatic nitrogens is 3. The Morgan fingerprint density at radius 2 is 1.74 bits per heavy atom. The number of rotatable bonds is 5. The first-order valence-electron chi connectivity index (χ1n) is 7.05. The molecule has 6 nitrogen and oxygen atoms in total. The molecular formula is C17H15N3O3. The third kappa shape index (κ3) is 3.55. The van der Waals surface area contributed by atoms with Crippen LogP contribution in [0.3, 0.4) is 0 Å². The number of carbonyl (C=O) groups excluding carboxylic acids is 1. The average molecular weight is 309 g/mol. The van der Waals surface area contributed by atoms with Gasteiger partial charge in [-0.3, -0.25) is 0 Å². The fourth-order valence-electron chi connectivity index (χ4n) is 2.09. The molecule has 0 amide bonds. The van der Waals surface area contributed by atoms with Gasteiger partial charge in [0.05, 0.1) is 19.9 Å². The SMILES string of the molecule is COc1ccccc1OC(=O)c1cn(Cc2ccccc2)nn1. The lowest BCUT2D eigenvalue weighted by atomic mass is 10.2. The fourth-order valence-corrected chi connectivity index (χ4v) is 2.09. The summed E-state index contributed by atoms with van der Waals surface area (Å²) >= 11 is 0. The summed E-state index contributed by atoms with van der Waals surface area (Å²) in [7, 11) is 1.52. The molecule has 0 saturated heterocycles. The van der Waals surface area contributed by atoms with Crippen LogP contribution in [0.15, 0.2) is 60.8 Å². The van der Waals surface area contributed by atoms with Crippen LogP contribution in [0, 0.1) is 0 Å². The summed E-state index contributed by atoms with van der Waals surface area (Å²) in [6.07, 6.45) is 1.56. The Bertz CT molecular complexity index is 800. The van der Waals surface area contributed by atoms with E-state index in [0.717, 1.165) is 5.56 Å². The highest BCUT2D eigenvalue weighted by Crippen LogP contribution is 2.26.